The molecule has 0 aliphatic carbocycles. The predicted octanol–water partition coefficient (Wildman–Crippen LogP) is 2.77. The molecule has 1 atom stereocenters. The first-order valence-corrected chi connectivity index (χ1v) is 7.45. The number of carboxylic acids is 1. The number of hydrogen-bond acceptors (Lipinski definition) is 3. The summed E-state index contributed by atoms with van der Waals surface area (Å²) in [4.78, 5) is 26.4. The molecule has 4 nitrogen and oxygen atoms in total. The number of nitrogens with zero attached hydrogens (tertiary/aromatic N) is 1. The maximum atomic E-state index is 12.5. The highest BCUT2D eigenvalue weighted by Crippen LogP contribution is 2.34. The smallest absolute Gasteiger partial charge is 0.311 e. The SMILES string of the molecule is CCC1(C(=O)O)CCCN(C(=O)c2sccc2C)C1. The van der Waals surface area contributed by atoms with E-state index in [4.69, 9.17) is 0 Å². The molecule has 1 amide bonds. The number of carboxylic acid groups (broad SMARTS) is 1. The fourth-order valence-electron chi connectivity index (χ4n) is 2.65. The van der Waals surface area contributed by atoms with E-state index >= 15 is 0 Å². The third-order valence-corrected chi connectivity index (χ3v) is 5.06. The molecule has 0 spiro atoms. The van der Waals surface area contributed by atoms with Gasteiger partial charge < -0.3 is 10.0 Å². The van der Waals surface area contributed by atoms with Crippen LogP contribution in [-0.4, -0.2) is 35.0 Å². The van der Waals surface area contributed by atoms with Crippen LogP contribution in [-0.2, 0) is 4.79 Å². The molecular weight excluding hydrogens is 262 g/mol. The topological polar surface area (TPSA) is 57.6 Å². The van der Waals surface area contributed by atoms with Crippen molar-refractivity contribution in [3.63, 3.8) is 0 Å². The summed E-state index contributed by atoms with van der Waals surface area (Å²) in [7, 11) is 0. The van der Waals surface area contributed by atoms with Crippen molar-refractivity contribution in [2.45, 2.75) is 33.1 Å². The lowest BCUT2D eigenvalue weighted by atomic mass is 9.77. The number of likely N-dealkylation sites (tertiary alicyclic amines) is 1. The molecule has 1 saturated heterocycles. The Morgan fingerprint density at radius 2 is 2.26 bits per heavy atom. The number of aliphatic carboxylic acids is 1. The Bertz CT molecular complexity index is 497. The Hall–Kier alpha value is -1.36. The van der Waals surface area contributed by atoms with Crippen LogP contribution < -0.4 is 0 Å². The van der Waals surface area contributed by atoms with Gasteiger partial charge in [0.15, 0.2) is 0 Å². The quantitative estimate of drug-likeness (QED) is 0.926. The molecule has 1 aromatic heterocycles. The monoisotopic (exact) mass is 281 g/mol. The summed E-state index contributed by atoms with van der Waals surface area (Å²) in [5.41, 5.74) is 0.206. The third kappa shape index (κ3) is 2.52. The van der Waals surface area contributed by atoms with Gasteiger partial charge in [-0.05, 0) is 43.2 Å². The molecule has 0 bridgehead atoms. The van der Waals surface area contributed by atoms with Gasteiger partial charge >= 0.3 is 5.97 Å². The summed E-state index contributed by atoms with van der Waals surface area (Å²) in [6.45, 7) is 4.79. The fourth-order valence-corrected chi connectivity index (χ4v) is 3.55. The molecule has 2 heterocycles. The first kappa shape index (κ1) is 14.1. The van der Waals surface area contributed by atoms with Gasteiger partial charge in [-0.2, -0.15) is 0 Å². The zero-order valence-electron chi connectivity index (χ0n) is 11.3. The molecule has 1 fully saturated rings. The zero-order valence-corrected chi connectivity index (χ0v) is 12.1. The van der Waals surface area contributed by atoms with Gasteiger partial charge in [0.25, 0.3) is 5.91 Å². The first-order valence-electron chi connectivity index (χ1n) is 6.57. The Kier molecular flexibility index (Phi) is 3.94. The van der Waals surface area contributed by atoms with Gasteiger partial charge in [0.1, 0.15) is 0 Å². The van der Waals surface area contributed by atoms with Crippen molar-refractivity contribution in [2.24, 2.45) is 5.41 Å². The minimum Gasteiger partial charge on any atom is -0.481 e. The normalized spacial score (nSPS) is 23.4. The van der Waals surface area contributed by atoms with Crippen LogP contribution in [0.5, 0.6) is 0 Å². The van der Waals surface area contributed by atoms with E-state index in [0.29, 0.717) is 25.9 Å². The van der Waals surface area contributed by atoms with Crippen molar-refractivity contribution in [1.82, 2.24) is 4.90 Å². The second-order valence-electron chi connectivity index (χ2n) is 5.20. The minimum absolute atomic E-state index is 0.0220. The zero-order chi connectivity index (χ0) is 14.0. The summed E-state index contributed by atoms with van der Waals surface area (Å²) in [6, 6.07) is 1.92. The van der Waals surface area contributed by atoms with E-state index in [-0.39, 0.29) is 5.91 Å². The lowest BCUT2D eigenvalue weighted by Gasteiger charge is -2.39. The molecule has 19 heavy (non-hydrogen) atoms. The summed E-state index contributed by atoms with van der Waals surface area (Å²) in [5, 5.41) is 11.3. The van der Waals surface area contributed by atoms with Crippen LogP contribution in [0.1, 0.15) is 41.4 Å². The number of piperidine rings is 1. The van der Waals surface area contributed by atoms with Crippen LogP contribution in [0, 0.1) is 12.3 Å². The van der Waals surface area contributed by atoms with Crippen LogP contribution in [0.4, 0.5) is 0 Å². The molecule has 5 heteroatoms. The Morgan fingerprint density at radius 1 is 1.53 bits per heavy atom. The minimum atomic E-state index is -0.782. The third-order valence-electron chi connectivity index (χ3n) is 4.05. The van der Waals surface area contributed by atoms with E-state index in [1.807, 2.05) is 25.3 Å². The van der Waals surface area contributed by atoms with Gasteiger partial charge in [0.05, 0.1) is 10.3 Å². The highest BCUT2D eigenvalue weighted by Gasteiger charge is 2.42. The number of carbonyl (C=O) groups is 2. The largest absolute Gasteiger partial charge is 0.481 e. The molecule has 1 N–H and O–H groups in total. The average Bonchev–Trinajstić information content (AvgIpc) is 2.84. The maximum absolute atomic E-state index is 12.5. The van der Waals surface area contributed by atoms with Gasteiger partial charge in [-0.1, -0.05) is 6.92 Å². The Morgan fingerprint density at radius 3 is 2.79 bits per heavy atom. The number of thiophene rings is 1. The van der Waals surface area contributed by atoms with Gasteiger partial charge in [0.2, 0.25) is 0 Å². The van der Waals surface area contributed by atoms with Crippen molar-refractivity contribution in [1.29, 1.82) is 0 Å². The molecular formula is C14H19NO3S. The Balaban J connectivity index is 2.20. The van der Waals surface area contributed by atoms with E-state index in [1.54, 1.807) is 4.90 Å². The number of amides is 1. The lowest BCUT2D eigenvalue weighted by molar-refractivity contribution is -0.152. The van der Waals surface area contributed by atoms with Crippen LogP contribution in [0.3, 0.4) is 0 Å². The molecule has 104 valence electrons. The van der Waals surface area contributed by atoms with E-state index < -0.39 is 11.4 Å². The van der Waals surface area contributed by atoms with Crippen molar-refractivity contribution in [3.05, 3.63) is 21.9 Å². The predicted molar refractivity (Wildman–Crippen MR) is 74.6 cm³/mol. The average molecular weight is 281 g/mol. The van der Waals surface area contributed by atoms with E-state index in [1.165, 1.54) is 11.3 Å². The number of carbonyl (C=O) groups excluding carboxylic acids is 1. The van der Waals surface area contributed by atoms with E-state index in [9.17, 15) is 14.7 Å². The van der Waals surface area contributed by atoms with Crippen molar-refractivity contribution < 1.29 is 14.7 Å². The molecule has 1 aliphatic rings. The Labute approximate surface area is 117 Å². The molecule has 0 saturated carbocycles. The van der Waals surface area contributed by atoms with Gasteiger partial charge in [0, 0.05) is 13.1 Å². The first-order chi connectivity index (χ1) is 9.00. The highest BCUT2D eigenvalue weighted by atomic mass is 32.1. The number of rotatable bonds is 3. The van der Waals surface area contributed by atoms with E-state index in [2.05, 4.69) is 0 Å². The van der Waals surface area contributed by atoms with Crippen molar-refractivity contribution >= 4 is 23.2 Å². The maximum Gasteiger partial charge on any atom is 0.311 e. The van der Waals surface area contributed by atoms with Crippen molar-refractivity contribution in [3.8, 4) is 0 Å². The van der Waals surface area contributed by atoms with Crippen LogP contribution in [0.15, 0.2) is 11.4 Å². The second kappa shape index (κ2) is 5.33. The van der Waals surface area contributed by atoms with Crippen molar-refractivity contribution in [2.75, 3.05) is 13.1 Å². The second-order valence-corrected chi connectivity index (χ2v) is 6.12. The molecule has 0 aromatic carbocycles. The van der Waals surface area contributed by atoms with Gasteiger partial charge in [-0.25, -0.2) is 0 Å². The van der Waals surface area contributed by atoms with Crippen LogP contribution >= 0.6 is 11.3 Å². The highest BCUT2D eigenvalue weighted by molar-refractivity contribution is 7.12. The standard InChI is InChI=1S/C14H19NO3S/c1-3-14(13(17)18)6-4-7-15(9-14)12(16)11-10(2)5-8-19-11/h5,8H,3-4,6-7,9H2,1-2H3,(H,17,18). The van der Waals surface area contributed by atoms with E-state index in [0.717, 1.165) is 16.9 Å². The summed E-state index contributed by atoms with van der Waals surface area (Å²) < 4.78 is 0. The molecule has 1 aliphatic heterocycles. The number of aryl methyl sites for hydroxylation is 1. The van der Waals surface area contributed by atoms with Crippen LogP contribution in [0.2, 0.25) is 0 Å². The molecule has 1 aromatic rings. The summed E-state index contributed by atoms with van der Waals surface area (Å²) >= 11 is 1.43. The lowest BCUT2D eigenvalue weighted by Crippen LogP contribution is -2.49. The molecule has 2 rings (SSSR count). The fraction of sp³-hybridized carbons (Fsp3) is 0.571. The van der Waals surface area contributed by atoms with Gasteiger partial charge in [-0.3, -0.25) is 9.59 Å². The molecule has 0 radical (unpaired) electrons. The summed E-state index contributed by atoms with van der Waals surface area (Å²) in [5.74, 6) is -0.804. The van der Waals surface area contributed by atoms with Gasteiger partial charge in [-0.15, -0.1) is 11.3 Å². The summed E-state index contributed by atoms with van der Waals surface area (Å²) in [6.07, 6.45) is 1.98. The number of hydrogen-bond donors (Lipinski definition) is 1. The van der Waals surface area contributed by atoms with Crippen LogP contribution in [0.25, 0.3) is 0 Å². The molecule has 1 unspecified atom stereocenters.